The van der Waals surface area contributed by atoms with Gasteiger partial charge in [0.05, 0.1) is 0 Å². The molecule has 0 radical (unpaired) electrons. The van der Waals surface area contributed by atoms with Crippen molar-refractivity contribution in [2.45, 2.75) is 25.8 Å². The Labute approximate surface area is 94.9 Å². The molecule has 0 aliphatic heterocycles. The lowest BCUT2D eigenvalue weighted by Gasteiger charge is -2.13. The van der Waals surface area contributed by atoms with E-state index in [-0.39, 0.29) is 19.6 Å². The molecular formula is C10H19NO5. The van der Waals surface area contributed by atoms with Crippen LogP contribution >= 0.6 is 0 Å². The van der Waals surface area contributed by atoms with Gasteiger partial charge in [-0.05, 0) is 6.42 Å². The molecule has 0 aliphatic carbocycles. The van der Waals surface area contributed by atoms with Gasteiger partial charge < -0.3 is 19.9 Å². The molecule has 0 saturated carbocycles. The minimum Gasteiger partial charge on any atom is -0.480 e. The van der Waals surface area contributed by atoms with Crippen LogP contribution in [-0.4, -0.2) is 50.0 Å². The van der Waals surface area contributed by atoms with Crippen molar-refractivity contribution in [2.75, 3.05) is 26.9 Å². The quantitative estimate of drug-likeness (QED) is 0.548. The molecule has 0 bridgehead atoms. The number of carbonyl (C=O) groups is 2. The molecule has 0 aromatic heterocycles. The Hall–Kier alpha value is -1.14. The fourth-order valence-corrected chi connectivity index (χ4v) is 1.04. The molecule has 0 saturated heterocycles. The summed E-state index contributed by atoms with van der Waals surface area (Å²) in [6.07, 6.45) is 1.06. The van der Waals surface area contributed by atoms with Crippen molar-refractivity contribution in [3.63, 3.8) is 0 Å². The average molecular weight is 233 g/mol. The number of nitrogens with one attached hydrogen (secondary N) is 1. The van der Waals surface area contributed by atoms with Gasteiger partial charge in [0.25, 0.3) is 0 Å². The number of hydrogen-bond acceptors (Lipinski definition) is 4. The molecule has 0 rings (SSSR count). The third-order valence-electron chi connectivity index (χ3n) is 1.83. The Morgan fingerprint density at radius 2 is 2.06 bits per heavy atom. The summed E-state index contributed by atoms with van der Waals surface area (Å²) in [4.78, 5) is 22.0. The van der Waals surface area contributed by atoms with Gasteiger partial charge >= 0.3 is 5.97 Å². The van der Waals surface area contributed by atoms with E-state index in [9.17, 15) is 9.59 Å². The standard InChI is InChI=1S/C10H19NO5/c1-3-5-16-7-9(12)11-8(10(13)14)4-6-15-2/h8H,3-7H2,1-2H3,(H,11,12)(H,13,14). The Morgan fingerprint density at radius 3 is 2.56 bits per heavy atom. The molecule has 94 valence electrons. The van der Waals surface area contributed by atoms with Crippen LogP contribution in [-0.2, 0) is 19.1 Å². The highest BCUT2D eigenvalue weighted by molar-refractivity contribution is 5.84. The van der Waals surface area contributed by atoms with Crippen LogP contribution in [0.1, 0.15) is 19.8 Å². The van der Waals surface area contributed by atoms with E-state index < -0.39 is 17.9 Å². The topological polar surface area (TPSA) is 84.9 Å². The van der Waals surface area contributed by atoms with Crippen molar-refractivity contribution in [1.29, 1.82) is 0 Å². The van der Waals surface area contributed by atoms with Crippen LogP contribution in [0, 0.1) is 0 Å². The molecule has 6 heteroatoms. The molecule has 6 nitrogen and oxygen atoms in total. The molecule has 16 heavy (non-hydrogen) atoms. The fraction of sp³-hybridized carbons (Fsp3) is 0.800. The van der Waals surface area contributed by atoms with Gasteiger partial charge in [-0.25, -0.2) is 4.79 Å². The first-order valence-electron chi connectivity index (χ1n) is 5.20. The summed E-state index contributed by atoms with van der Waals surface area (Å²) in [5.74, 6) is -1.49. The lowest BCUT2D eigenvalue weighted by Crippen LogP contribution is -2.43. The maximum atomic E-state index is 11.3. The lowest BCUT2D eigenvalue weighted by molar-refractivity contribution is -0.143. The number of carboxylic acid groups (broad SMARTS) is 1. The van der Waals surface area contributed by atoms with Crippen LogP contribution in [0.25, 0.3) is 0 Å². The summed E-state index contributed by atoms with van der Waals surface area (Å²) in [6.45, 7) is 2.59. The van der Waals surface area contributed by atoms with Crippen molar-refractivity contribution < 1.29 is 24.2 Å². The van der Waals surface area contributed by atoms with Gasteiger partial charge in [0.1, 0.15) is 12.6 Å². The lowest BCUT2D eigenvalue weighted by atomic mass is 10.2. The molecule has 0 heterocycles. The van der Waals surface area contributed by atoms with E-state index in [1.807, 2.05) is 6.92 Å². The number of amides is 1. The summed E-state index contributed by atoms with van der Waals surface area (Å²) >= 11 is 0. The number of carbonyl (C=O) groups excluding carboxylic acids is 1. The summed E-state index contributed by atoms with van der Waals surface area (Å²) < 4.78 is 9.75. The maximum absolute atomic E-state index is 11.3. The molecule has 0 spiro atoms. The first-order chi connectivity index (χ1) is 7.61. The highest BCUT2D eigenvalue weighted by atomic mass is 16.5. The minimum absolute atomic E-state index is 0.107. The van der Waals surface area contributed by atoms with E-state index in [0.717, 1.165) is 6.42 Å². The van der Waals surface area contributed by atoms with Crippen LogP contribution in [0.2, 0.25) is 0 Å². The average Bonchev–Trinajstić information content (AvgIpc) is 2.24. The fourth-order valence-electron chi connectivity index (χ4n) is 1.04. The van der Waals surface area contributed by atoms with Gasteiger partial charge in [0.2, 0.25) is 5.91 Å². The highest BCUT2D eigenvalue weighted by Gasteiger charge is 2.19. The minimum atomic E-state index is -1.07. The van der Waals surface area contributed by atoms with Crippen molar-refractivity contribution in [1.82, 2.24) is 5.32 Å². The Kier molecular flexibility index (Phi) is 8.46. The van der Waals surface area contributed by atoms with Crippen molar-refractivity contribution in [3.8, 4) is 0 Å². The zero-order valence-electron chi connectivity index (χ0n) is 9.69. The van der Waals surface area contributed by atoms with Crippen LogP contribution in [0.4, 0.5) is 0 Å². The number of methoxy groups -OCH3 is 1. The second kappa shape index (κ2) is 9.11. The van der Waals surface area contributed by atoms with Crippen LogP contribution in [0.3, 0.4) is 0 Å². The van der Waals surface area contributed by atoms with Gasteiger partial charge in [0.15, 0.2) is 0 Å². The van der Waals surface area contributed by atoms with E-state index in [2.05, 4.69) is 5.32 Å². The van der Waals surface area contributed by atoms with Crippen LogP contribution < -0.4 is 5.32 Å². The van der Waals surface area contributed by atoms with Gasteiger partial charge in [-0.1, -0.05) is 6.92 Å². The molecule has 1 atom stereocenters. The first-order valence-corrected chi connectivity index (χ1v) is 5.20. The predicted molar refractivity (Wildman–Crippen MR) is 57.2 cm³/mol. The monoisotopic (exact) mass is 233 g/mol. The van der Waals surface area contributed by atoms with Gasteiger partial charge in [-0.2, -0.15) is 0 Å². The van der Waals surface area contributed by atoms with E-state index in [1.54, 1.807) is 0 Å². The van der Waals surface area contributed by atoms with Gasteiger partial charge in [-0.15, -0.1) is 0 Å². The number of aliphatic carboxylic acids is 1. The summed E-state index contributed by atoms with van der Waals surface area (Å²) in [5, 5.41) is 11.2. The Bertz CT molecular complexity index is 219. The highest BCUT2D eigenvalue weighted by Crippen LogP contribution is 1.93. The molecule has 2 N–H and O–H groups in total. The second-order valence-corrected chi connectivity index (χ2v) is 3.29. The zero-order chi connectivity index (χ0) is 12.4. The first kappa shape index (κ1) is 14.9. The van der Waals surface area contributed by atoms with E-state index in [1.165, 1.54) is 7.11 Å². The molecule has 0 aromatic rings. The molecule has 0 aromatic carbocycles. The van der Waals surface area contributed by atoms with Crippen molar-refractivity contribution in [3.05, 3.63) is 0 Å². The third-order valence-corrected chi connectivity index (χ3v) is 1.83. The van der Waals surface area contributed by atoms with E-state index in [4.69, 9.17) is 14.6 Å². The van der Waals surface area contributed by atoms with Crippen molar-refractivity contribution >= 4 is 11.9 Å². The van der Waals surface area contributed by atoms with Crippen molar-refractivity contribution in [2.24, 2.45) is 0 Å². The Morgan fingerprint density at radius 1 is 1.38 bits per heavy atom. The second-order valence-electron chi connectivity index (χ2n) is 3.29. The largest absolute Gasteiger partial charge is 0.480 e. The zero-order valence-corrected chi connectivity index (χ0v) is 9.69. The molecule has 1 unspecified atom stereocenters. The molecular weight excluding hydrogens is 214 g/mol. The van der Waals surface area contributed by atoms with E-state index in [0.29, 0.717) is 6.61 Å². The van der Waals surface area contributed by atoms with Crippen LogP contribution in [0.5, 0.6) is 0 Å². The molecule has 0 fully saturated rings. The van der Waals surface area contributed by atoms with Gasteiger partial charge in [-0.3, -0.25) is 4.79 Å². The number of ether oxygens (including phenoxy) is 2. The summed E-state index contributed by atoms with van der Waals surface area (Å²) in [6, 6.07) is -0.919. The Balaban J connectivity index is 3.88. The summed E-state index contributed by atoms with van der Waals surface area (Å²) in [5.41, 5.74) is 0. The molecule has 0 aliphatic rings. The number of carboxylic acids is 1. The normalized spacial score (nSPS) is 12.1. The van der Waals surface area contributed by atoms with Crippen LogP contribution in [0.15, 0.2) is 0 Å². The SMILES string of the molecule is CCCOCC(=O)NC(CCOC)C(=O)O. The van der Waals surface area contributed by atoms with Gasteiger partial charge in [0, 0.05) is 26.7 Å². The molecule has 1 amide bonds. The smallest absolute Gasteiger partial charge is 0.326 e. The third kappa shape index (κ3) is 7.19. The maximum Gasteiger partial charge on any atom is 0.326 e. The summed E-state index contributed by atoms with van der Waals surface area (Å²) in [7, 11) is 1.48. The van der Waals surface area contributed by atoms with E-state index >= 15 is 0 Å². The predicted octanol–water partition coefficient (Wildman–Crippen LogP) is 0.0189. The number of hydrogen-bond donors (Lipinski definition) is 2. The number of rotatable bonds is 9.